The van der Waals surface area contributed by atoms with E-state index in [1.54, 1.807) is 0 Å². The van der Waals surface area contributed by atoms with Crippen LogP contribution in [0.3, 0.4) is 0 Å². The highest BCUT2D eigenvalue weighted by Crippen LogP contribution is 2.06. The number of nitrogens with one attached hydrogen (secondary N) is 2. The lowest BCUT2D eigenvalue weighted by Gasteiger charge is -2.14. The second-order valence-electron chi connectivity index (χ2n) is 4.56. The Hall–Kier alpha value is -2.29. The van der Waals surface area contributed by atoms with Gasteiger partial charge < -0.3 is 10.6 Å². The third kappa shape index (κ3) is 4.47. The minimum Gasteiger partial charge on any atom is -0.335 e. The molecule has 0 aliphatic heterocycles. The summed E-state index contributed by atoms with van der Waals surface area (Å²) in [5.74, 6) is 0. The Kier molecular flexibility index (Phi) is 4.56. The summed E-state index contributed by atoms with van der Waals surface area (Å²) in [6.07, 6.45) is 0.822. The maximum atomic E-state index is 11.8. The Morgan fingerprint density at radius 3 is 2.21 bits per heavy atom. The molecule has 2 aromatic carbocycles. The van der Waals surface area contributed by atoms with Gasteiger partial charge in [-0.25, -0.2) is 4.79 Å². The molecule has 2 N–H and O–H groups in total. The summed E-state index contributed by atoms with van der Waals surface area (Å²) in [5, 5.41) is 5.74. The molecule has 0 saturated heterocycles. The van der Waals surface area contributed by atoms with Crippen LogP contribution in [0.15, 0.2) is 60.7 Å². The predicted molar refractivity (Wildman–Crippen MR) is 78.2 cm³/mol. The van der Waals surface area contributed by atoms with Crippen LogP contribution < -0.4 is 10.6 Å². The van der Waals surface area contributed by atoms with Crippen LogP contribution >= 0.6 is 0 Å². The topological polar surface area (TPSA) is 41.1 Å². The third-order valence-corrected chi connectivity index (χ3v) is 2.79. The lowest BCUT2D eigenvalue weighted by molar-refractivity contribution is 0.249. The summed E-state index contributed by atoms with van der Waals surface area (Å²) in [6, 6.07) is 19.5. The van der Waals surface area contributed by atoms with E-state index >= 15 is 0 Å². The molecule has 2 rings (SSSR count). The lowest BCUT2D eigenvalue weighted by atomic mass is 10.1. The summed E-state index contributed by atoms with van der Waals surface area (Å²) in [4.78, 5) is 11.8. The SMILES string of the molecule is C[C@H](Cc1ccccc1)NC(=O)Nc1ccccc1. The molecule has 0 fully saturated rings. The fourth-order valence-corrected chi connectivity index (χ4v) is 1.93. The fraction of sp³-hybridized carbons (Fsp3) is 0.188. The molecule has 0 bridgehead atoms. The second-order valence-corrected chi connectivity index (χ2v) is 4.56. The molecule has 0 radical (unpaired) electrons. The van der Waals surface area contributed by atoms with Gasteiger partial charge in [0.25, 0.3) is 0 Å². The van der Waals surface area contributed by atoms with E-state index in [9.17, 15) is 4.79 Å². The third-order valence-electron chi connectivity index (χ3n) is 2.79. The smallest absolute Gasteiger partial charge is 0.319 e. The summed E-state index contributed by atoms with van der Waals surface area (Å²) in [7, 11) is 0. The highest BCUT2D eigenvalue weighted by atomic mass is 16.2. The molecule has 3 heteroatoms. The number of hydrogen-bond acceptors (Lipinski definition) is 1. The molecular formula is C16H18N2O. The predicted octanol–water partition coefficient (Wildman–Crippen LogP) is 3.44. The summed E-state index contributed by atoms with van der Waals surface area (Å²) >= 11 is 0. The first-order valence-corrected chi connectivity index (χ1v) is 6.40. The largest absolute Gasteiger partial charge is 0.335 e. The van der Waals surface area contributed by atoms with Gasteiger partial charge in [0.1, 0.15) is 0 Å². The van der Waals surface area contributed by atoms with Crippen molar-refractivity contribution in [1.82, 2.24) is 5.32 Å². The molecule has 19 heavy (non-hydrogen) atoms. The van der Waals surface area contributed by atoms with Crippen molar-refractivity contribution in [2.45, 2.75) is 19.4 Å². The highest BCUT2D eigenvalue weighted by Gasteiger charge is 2.07. The van der Waals surface area contributed by atoms with E-state index in [0.717, 1.165) is 12.1 Å². The lowest BCUT2D eigenvalue weighted by Crippen LogP contribution is -2.37. The zero-order chi connectivity index (χ0) is 13.5. The Bertz CT molecular complexity index is 511. The van der Waals surface area contributed by atoms with Gasteiger partial charge in [-0.3, -0.25) is 0 Å². The minimum atomic E-state index is -0.172. The van der Waals surface area contributed by atoms with Crippen LogP contribution in [0.25, 0.3) is 0 Å². The fourth-order valence-electron chi connectivity index (χ4n) is 1.93. The van der Waals surface area contributed by atoms with E-state index < -0.39 is 0 Å². The van der Waals surface area contributed by atoms with Crippen molar-refractivity contribution in [3.05, 3.63) is 66.2 Å². The number of benzene rings is 2. The van der Waals surface area contributed by atoms with Crippen LogP contribution in [0.5, 0.6) is 0 Å². The average molecular weight is 254 g/mol. The van der Waals surface area contributed by atoms with Gasteiger partial charge in [0.2, 0.25) is 0 Å². The Balaban J connectivity index is 1.82. The monoisotopic (exact) mass is 254 g/mol. The minimum absolute atomic E-state index is 0.0890. The zero-order valence-corrected chi connectivity index (χ0v) is 11.0. The quantitative estimate of drug-likeness (QED) is 0.862. The van der Waals surface area contributed by atoms with E-state index in [-0.39, 0.29) is 12.1 Å². The number of carbonyl (C=O) groups excluding carboxylic acids is 1. The second kappa shape index (κ2) is 6.59. The van der Waals surface area contributed by atoms with Crippen LogP contribution in [-0.2, 0) is 6.42 Å². The average Bonchev–Trinajstić information content (AvgIpc) is 2.40. The number of carbonyl (C=O) groups is 1. The van der Waals surface area contributed by atoms with Gasteiger partial charge in [0.05, 0.1) is 0 Å². The molecule has 98 valence electrons. The zero-order valence-electron chi connectivity index (χ0n) is 11.0. The van der Waals surface area contributed by atoms with Crippen LogP contribution in [0, 0.1) is 0 Å². The number of rotatable bonds is 4. The van der Waals surface area contributed by atoms with Crippen molar-refractivity contribution in [2.24, 2.45) is 0 Å². The molecule has 0 saturated carbocycles. The van der Waals surface area contributed by atoms with E-state index in [1.165, 1.54) is 5.56 Å². The number of urea groups is 1. The summed E-state index contributed by atoms with van der Waals surface area (Å²) < 4.78 is 0. The van der Waals surface area contributed by atoms with Gasteiger partial charge in [-0.1, -0.05) is 48.5 Å². The van der Waals surface area contributed by atoms with Gasteiger partial charge in [0, 0.05) is 11.7 Å². The van der Waals surface area contributed by atoms with Gasteiger partial charge >= 0.3 is 6.03 Å². The normalized spacial score (nSPS) is 11.6. The number of amides is 2. The number of para-hydroxylation sites is 1. The molecule has 2 aromatic rings. The van der Waals surface area contributed by atoms with Gasteiger partial charge in [-0.2, -0.15) is 0 Å². The molecule has 1 atom stereocenters. The summed E-state index contributed by atoms with van der Waals surface area (Å²) in [6.45, 7) is 2.00. The van der Waals surface area contributed by atoms with Crippen molar-refractivity contribution in [3.8, 4) is 0 Å². The molecule has 0 aliphatic carbocycles. The maximum Gasteiger partial charge on any atom is 0.319 e. The van der Waals surface area contributed by atoms with Crippen molar-refractivity contribution >= 4 is 11.7 Å². The molecule has 0 unspecified atom stereocenters. The molecule has 0 heterocycles. The van der Waals surface area contributed by atoms with Crippen LogP contribution in [-0.4, -0.2) is 12.1 Å². The van der Waals surface area contributed by atoms with Crippen LogP contribution in [0.2, 0.25) is 0 Å². The Morgan fingerprint density at radius 1 is 1.00 bits per heavy atom. The first kappa shape index (κ1) is 13.1. The molecule has 0 spiro atoms. The first-order chi connectivity index (χ1) is 9.24. The standard InChI is InChI=1S/C16H18N2O/c1-13(12-14-8-4-2-5-9-14)17-16(19)18-15-10-6-3-7-11-15/h2-11,13H,12H2,1H3,(H2,17,18,19)/t13-/m1/s1. The van der Waals surface area contributed by atoms with E-state index in [1.807, 2.05) is 55.5 Å². The van der Waals surface area contributed by atoms with Crippen molar-refractivity contribution in [3.63, 3.8) is 0 Å². The van der Waals surface area contributed by atoms with E-state index in [4.69, 9.17) is 0 Å². The number of hydrogen-bond donors (Lipinski definition) is 2. The first-order valence-electron chi connectivity index (χ1n) is 6.40. The molecule has 3 nitrogen and oxygen atoms in total. The molecule has 2 amide bonds. The van der Waals surface area contributed by atoms with E-state index in [0.29, 0.717) is 0 Å². The number of anilines is 1. The molecular weight excluding hydrogens is 236 g/mol. The Morgan fingerprint density at radius 2 is 1.58 bits per heavy atom. The van der Waals surface area contributed by atoms with Gasteiger partial charge in [-0.15, -0.1) is 0 Å². The molecule has 0 aliphatic rings. The summed E-state index contributed by atoms with van der Waals surface area (Å²) in [5.41, 5.74) is 2.02. The van der Waals surface area contributed by atoms with Crippen LogP contribution in [0.4, 0.5) is 10.5 Å². The Labute approximate surface area is 113 Å². The van der Waals surface area contributed by atoms with Gasteiger partial charge in [-0.05, 0) is 31.0 Å². The van der Waals surface area contributed by atoms with Crippen molar-refractivity contribution in [1.29, 1.82) is 0 Å². The van der Waals surface area contributed by atoms with Crippen LogP contribution in [0.1, 0.15) is 12.5 Å². The van der Waals surface area contributed by atoms with E-state index in [2.05, 4.69) is 22.8 Å². The molecule has 0 aromatic heterocycles. The van der Waals surface area contributed by atoms with Crippen molar-refractivity contribution in [2.75, 3.05) is 5.32 Å². The van der Waals surface area contributed by atoms with Crippen molar-refractivity contribution < 1.29 is 4.79 Å². The highest BCUT2D eigenvalue weighted by molar-refractivity contribution is 5.89. The maximum absolute atomic E-state index is 11.8. The van der Waals surface area contributed by atoms with Gasteiger partial charge in [0.15, 0.2) is 0 Å².